The van der Waals surface area contributed by atoms with Crippen LogP contribution < -0.4 is 10.9 Å². The SMILES string of the molecule is Cc1c(-n2nnnc2SCC(=O)Nc2cc(Cl)ccc2F)c(=O)n(-c2ccccc2)n1C. The summed E-state index contributed by atoms with van der Waals surface area (Å²) in [6.45, 7) is 1.78. The number of thioether (sulfide) groups is 1. The molecule has 1 N–H and O–H groups in total. The van der Waals surface area contributed by atoms with Crippen molar-refractivity contribution in [1.82, 2.24) is 29.6 Å². The summed E-state index contributed by atoms with van der Waals surface area (Å²) in [6.07, 6.45) is 0. The first-order valence-electron chi connectivity index (χ1n) is 9.37. The molecule has 0 aliphatic rings. The largest absolute Gasteiger partial charge is 0.323 e. The van der Waals surface area contributed by atoms with E-state index in [1.165, 1.54) is 27.6 Å². The van der Waals surface area contributed by atoms with Crippen molar-refractivity contribution in [3.05, 3.63) is 75.4 Å². The van der Waals surface area contributed by atoms with Gasteiger partial charge in [-0.15, -0.1) is 5.10 Å². The van der Waals surface area contributed by atoms with Crippen molar-refractivity contribution < 1.29 is 9.18 Å². The molecular weight excluding hydrogens is 457 g/mol. The summed E-state index contributed by atoms with van der Waals surface area (Å²) in [5.74, 6) is -1.18. The first-order valence-corrected chi connectivity index (χ1v) is 10.7. The Balaban J connectivity index is 1.58. The number of carbonyl (C=O) groups is 1. The smallest absolute Gasteiger partial charge is 0.297 e. The third-order valence-electron chi connectivity index (χ3n) is 4.71. The van der Waals surface area contributed by atoms with Crippen LogP contribution >= 0.6 is 23.4 Å². The summed E-state index contributed by atoms with van der Waals surface area (Å²) in [5.41, 5.74) is 1.27. The van der Waals surface area contributed by atoms with E-state index in [1.807, 2.05) is 30.3 Å². The standard InChI is InChI=1S/C20H17ClFN7O2S/c1-12-18(19(31)29(27(12)2)14-6-4-3-5-7-14)28-20(24-25-26-28)32-11-17(30)23-16-10-13(21)8-9-15(16)22/h3-10H,11H2,1-2H3,(H,23,30). The molecule has 0 atom stereocenters. The van der Waals surface area contributed by atoms with Crippen molar-refractivity contribution in [3.63, 3.8) is 0 Å². The van der Waals surface area contributed by atoms with Crippen molar-refractivity contribution in [2.45, 2.75) is 12.1 Å². The van der Waals surface area contributed by atoms with Gasteiger partial charge in [-0.25, -0.2) is 9.07 Å². The van der Waals surface area contributed by atoms with Crippen LogP contribution in [0.5, 0.6) is 0 Å². The van der Waals surface area contributed by atoms with Gasteiger partial charge in [0.1, 0.15) is 5.82 Å². The molecule has 0 fully saturated rings. The monoisotopic (exact) mass is 473 g/mol. The Kier molecular flexibility index (Phi) is 6.10. The third kappa shape index (κ3) is 4.16. The van der Waals surface area contributed by atoms with Crippen LogP contribution in [-0.2, 0) is 11.8 Å². The highest BCUT2D eigenvalue weighted by molar-refractivity contribution is 7.99. The summed E-state index contributed by atoms with van der Waals surface area (Å²) >= 11 is 6.87. The van der Waals surface area contributed by atoms with Crippen LogP contribution in [0.25, 0.3) is 11.4 Å². The summed E-state index contributed by atoms with van der Waals surface area (Å²) in [6, 6.07) is 13.1. The maximum absolute atomic E-state index is 13.8. The molecule has 0 bridgehead atoms. The Bertz CT molecular complexity index is 1350. The van der Waals surface area contributed by atoms with Gasteiger partial charge in [-0.2, -0.15) is 4.68 Å². The number of hydrogen-bond acceptors (Lipinski definition) is 6. The molecule has 0 aliphatic carbocycles. The van der Waals surface area contributed by atoms with E-state index in [0.717, 1.165) is 11.8 Å². The molecule has 2 heterocycles. The van der Waals surface area contributed by atoms with Crippen LogP contribution in [0.3, 0.4) is 0 Å². The molecule has 2 aromatic heterocycles. The number of anilines is 1. The van der Waals surface area contributed by atoms with Gasteiger partial charge in [0.15, 0.2) is 5.69 Å². The maximum atomic E-state index is 13.8. The van der Waals surface area contributed by atoms with Gasteiger partial charge >= 0.3 is 0 Å². The number of tetrazole rings is 1. The Morgan fingerprint density at radius 3 is 2.72 bits per heavy atom. The first-order chi connectivity index (χ1) is 15.4. The van der Waals surface area contributed by atoms with Gasteiger partial charge in [0.05, 0.1) is 22.8 Å². The molecule has 4 aromatic rings. The first kappa shape index (κ1) is 21.8. The molecule has 0 saturated heterocycles. The van der Waals surface area contributed by atoms with Crippen molar-refractivity contribution in [3.8, 4) is 11.4 Å². The number of hydrogen-bond donors (Lipinski definition) is 1. The lowest BCUT2D eigenvalue weighted by Crippen LogP contribution is -2.22. The molecular formula is C20H17ClFN7O2S. The average Bonchev–Trinajstić information content (AvgIpc) is 3.31. The minimum Gasteiger partial charge on any atom is -0.323 e. The molecule has 1 amide bonds. The zero-order valence-electron chi connectivity index (χ0n) is 17.0. The second-order valence-electron chi connectivity index (χ2n) is 6.74. The van der Waals surface area contributed by atoms with Crippen LogP contribution in [0, 0.1) is 12.7 Å². The van der Waals surface area contributed by atoms with Gasteiger partial charge in [0, 0.05) is 12.1 Å². The molecule has 0 aliphatic heterocycles. The van der Waals surface area contributed by atoms with E-state index >= 15 is 0 Å². The van der Waals surface area contributed by atoms with Crippen LogP contribution in [0.2, 0.25) is 5.02 Å². The zero-order valence-corrected chi connectivity index (χ0v) is 18.6. The van der Waals surface area contributed by atoms with Gasteiger partial charge in [-0.1, -0.05) is 41.6 Å². The second kappa shape index (κ2) is 8.97. The van der Waals surface area contributed by atoms with Crippen molar-refractivity contribution in [1.29, 1.82) is 0 Å². The lowest BCUT2D eigenvalue weighted by molar-refractivity contribution is -0.113. The fourth-order valence-electron chi connectivity index (χ4n) is 3.12. The van der Waals surface area contributed by atoms with E-state index in [2.05, 4.69) is 20.8 Å². The topological polar surface area (TPSA) is 99.6 Å². The minimum absolute atomic E-state index is 0.0210. The molecule has 2 aromatic carbocycles. The van der Waals surface area contributed by atoms with Crippen LogP contribution in [0.15, 0.2) is 58.5 Å². The van der Waals surface area contributed by atoms with Gasteiger partial charge < -0.3 is 5.32 Å². The van der Waals surface area contributed by atoms with Crippen LogP contribution in [-0.4, -0.2) is 41.2 Å². The molecule has 0 spiro atoms. The zero-order chi connectivity index (χ0) is 22.8. The lowest BCUT2D eigenvalue weighted by Gasteiger charge is -2.07. The van der Waals surface area contributed by atoms with E-state index in [0.29, 0.717) is 16.4 Å². The van der Waals surface area contributed by atoms with Crippen LogP contribution in [0.1, 0.15) is 5.69 Å². The van der Waals surface area contributed by atoms with E-state index in [9.17, 15) is 14.0 Å². The number of halogens is 2. The molecule has 12 heteroatoms. The van der Waals surface area contributed by atoms with Crippen molar-refractivity contribution in [2.24, 2.45) is 7.05 Å². The Labute approximate surface area is 190 Å². The fraction of sp³-hybridized carbons (Fsp3) is 0.150. The number of benzene rings is 2. The number of aromatic nitrogens is 6. The van der Waals surface area contributed by atoms with E-state index in [-0.39, 0.29) is 27.8 Å². The minimum atomic E-state index is -0.598. The summed E-state index contributed by atoms with van der Waals surface area (Å²) < 4.78 is 18.4. The normalized spacial score (nSPS) is 11.0. The van der Waals surface area contributed by atoms with Gasteiger partial charge in [0.2, 0.25) is 11.1 Å². The highest BCUT2D eigenvalue weighted by Gasteiger charge is 2.22. The predicted octanol–water partition coefficient (Wildman–Crippen LogP) is 2.98. The number of rotatable bonds is 6. The van der Waals surface area contributed by atoms with E-state index in [4.69, 9.17) is 11.6 Å². The van der Waals surface area contributed by atoms with Crippen LogP contribution in [0.4, 0.5) is 10.1 Å². The van der Waals surface area contributed by atoms with Gasteiger partial charge in [-0.05, 0) is 47.7 Å². The van der Waals surface area contributed by atoms with E-state index < -0.39 is 11.7 Å². The number of nitrogens with zero attached hydrogens (tertiary/aromatic N) is 6. The molecule has 4 rings (SSSR count). The van der Waals surface area contributed by atoms with Gasteiger partial charge in [0.25, 0.3) is 5.56 Å². The maximum Gasteiger partial charge on any atom is 0.297 e. The summed E-state index contributed by atoms with van der Waals surface area (Å²) in [4.78, 5) is 25.5. The van der Waals surface area contributed by atoms with Crippen molar-refractivity contribution >= 4 is 35.0 Å². The molecule has 0 unspecified atom stereocenters. The number of amides is 1. The number of para-hydroxylation sites is 1. The van der Waals surface area contributed by atoms with Gasteiger partial charge in [-0.3, -0.25) is 14.3 Å². The second-order valence-corrected chi connectivity index (χ2v) is 8.12. The summed E-state index contributed by atoms with van der Waals surface area (Å²) in [7, 11) is 1.76. The van der Waals surface area contributed by atoms with Crippen molar-refractivity contribution in [2.75, 3.05) is 11.1 Å². The molecule has 164 valence electrons. The van der Waals surface area contributed by atoms with E-state index in [1.54, 1.807) is 18.7 Å². The quantitative estimate of drug-likeness (QED) is 0.432. The lowest BCUT2D eigenvalue weighted by atomic mass is 10.3. The third-order valence-corrected chi connectivity index (χ3v) is 5.87. The Morgan fingerprint density at radius 1 is 1.22 bits per heavy atom. The predicted molar refractivity (Wildman–Crippen MR) is 119 cm³/mol. The summed E-state index contributed by atoms with van der Waals surface area (Å²) in [5, 5.41) is 14.5. The number of carbonyl (C=O) groups excluding carboxylic acids is 1. The highest BCUT2D eigenvalue weighted by Crippen LogP contribution is 2.22. The molecule has 9 nitrogen and oxygen atoms in total. The molecule has 32 heavy (non-hydrogen) atoms. The Morgan fingerprint density at radius 2 is 1.97 bits per heavy atom. The molecule has 0 radical (unpaired) electrons. The highest BCUT2D eigenvalue weighted by atomic mass is 35.5. The molecule has 0 saturated carbocycles. The number of nitrogens with one attached hydrogen (secondary N) is 1. The Hall–Kier alpha value is -3.44. The average molecular weight is 474 g/mol. The fourth-order valence-corrected chi connectivity index (χ4v) is 3.97.